The summed E-state index contributed by atoms with van der Waals surface area (Å²) in [7, 11) is 0. The second-order valence-corrected chi connectivity index (χ2v) is 4.53. The number of hydrogen-bond donors (Lipinski definition) is 0. The van der Waals surface area contributed by atoms with Gasteiger partial charge in [-0.15, -0.1) is 0 Å². The summed E-state index contributed by atoms with van der Waals surface area (Å²) >= 11 is 0. The molecule has 2 rings (SSSR count). The van der Waals surface area contributed by atoms with Gasteiger partial charge < -0.3 is 0 Å². The summed E-state index contributed by atoms with van der Waals surface area (Å²) in [5.74, 6) is -3.28. The Morgan fingerprint density at radius 2 is 1.42 bits per heavy atom. The first-order valence-electron chi connectivity index (χ1n) is 5.78. The van der Waals surface area contributed by atoms with Crippen LogP contribution < -0.4 is 0 Å². The topological polar surface area (TPSA) is 0 Å². The van der Waals surface area contributed by atoms with Crippen LogP contribution in [-0.2, 0) is 6.42 Å². The Morgan fingerprint density at radius 1 is 0.842 bits per heavy atom. The Kier molecular flexibility index (Phi) is 3.60. The predicted octanol–water partition coefficient (Wildman–Crippen LogP) is 4.45. The summed E-state index contributed by atoms with van der Waals surface area (Å²) in [4.78, 5) is 0. The second-order valence-electron chi connectivity index (χ2n) is 4.53. The van der Waals surface area contributed by atoms with Crippen LogP contribution in [0.4, 0.5) is 17.6 Å². The van der Waals surface area contributed by atoms with Crippen LogP contribution in [0.5, 0.6) is 0 Å². The molecule has 0 aliphatic heterocycles. The highest BCUT2D eigenvalue weighted by Crippen LogP contribution is 2.21. The van der Waals surface area contributed by atoms with Crippen LogP contribution in [0.3, 0.4) is 0 Å². The quantitative estimate of drug-likeness (QED) is 0.706. The molecule has 0 N–H and O–H groups in total. The van der Waals surface area contributed by atoms with Crippen LogP contribution in [0.1, 0.15) is 22.3 Å². The molecule has 19 heavy (non-hydrogen) atoms. The lowest BCUT2D eigenvalue weighted by Crippen LogP contribution is -2.00. The molecular formula is C15H12F4. The second kappa shape index (κ2) is 5.03. The molecule has 0 aliphatic rings. The third kappa shape index (κ3) is 2.62. The maximum Gasteiger partial charge on any atom is 0.162 e. The molecule has 100 valence electrons. The normalized spacial score (nSPS) is 10.8. The minimum Gasteiger partial charge on any atom is -0.207 e. The Hall–Kier alpha value is -1.84. The van der Waals surface area contributed by atoms with Crippen molar-refractivity contribution >= 4 is 0 Å². The SMILES string of the molecule is Cc1ccc(Cc2cc(F)c(C)c(F)c2)c(F)c1F. The highest BCUT2D eigenvalue weighted by Gasteiger charge is 2.13. The number of rotatable bonds is 2. The summed E-state index contributed by atoms with van der Waals surface area (Å²) in [6, 6.07) is 5.13. The van der Waals surface area contributed by atoms with Crippen molar-refractivity contribution in [3.63, 3.8) is 0 Å². The van der Waals surface area contributed by atoms with E-state index in [4.69, 9.17) is 0 Å². The summed E-state index contributed by atoms with van der Waals surface area (Å²) in [6.07, 6.45) is -0.0584. The van der Waals surface area contributed by atoms with Crippen LogP contribution in [0, 0.1) is 37.1 Å². The molecule has 0 nitrogen and oxygen atoms in total. The van der Waals surface area contributed by atoms with Crippen molar-refractivity contribution in [3.8, 4) is 0 Å². The molecule has 0 heterocycles. The maximum atomic E-state index is 13.7. The van der Waals surface area contributed by atoms with Gasteiger partial charge in [0.1, 0.15) is 11.6 Å². The molecule has 0 radical (unpaired) electrons. The van der Waals surface area contributed by atoms with E-state index in [1.165, 1.54) is 26.0 Å². The smallest absolute Gasteiger partial charge is 0.162 e. The minimum atomic E-state index is -0.971. The van der Waals surface area contributed by atoms with E-state index in [2.05, 4.69) is 0 Å². The van der Waals surface area contributed by atoms with Gasteiger partial charge in [-0.25, -0.2) is 17.6 Å². The van der Waals surface area contributed by atoms with E-state index in [-0.39, 0.29) is 28.7 Å². The average molecular weight is 268 g/mol. The third-order valence-corrected chi connectivity index (χ3v) is 3.09. The summed E-state index contributed by atoms with van der Waals surface area (Å²) < 4.78 is 53.8. The molecule has 0 aliphatic carbocycles. The lowest BCUT2D eigenvalue weighted by molar-refractivity contribution is 0.495. The van der Waals surface area contributed by atoms with E-state index in [9.17, 15) is 17.6 Å². The summed E-state index contributed by atoms with van der Waals surface area (Å²) in [6.45, 7) is 2.77. The van der Waals surface area contributed by atoms with Crippen LogP contribution >= 0.6 is 0 Å². The van der Waals surface area contributed by atoms with Gasteiger partial charge in [0, 0.05) is 12.0 Å². The van der Waals surface area contributed by atoms with Crippen molar-refractivity contribution < 1.29 is 17.6 Å². The molecule has 0 spiro atoms. The molecule has 0 fully saturated rings. The van der Waals surface area contributed by atoms with Gasteiger partial charge in [-0.3, -0.25) is 0 Å². The van der Waals surface area contributed by atoms with Crippen LogP contribution in [0.25, 0.3) is 0 Å². The Balaban J connectivity index is 2.39. The fraction of sp³-hybridized carbons (Fsp3) is 0.200. The van der Waals surface area contributed by atoms with Crippen LogP contribution in [0.2, 0.25) is 0 Å². The Bertz CT molecular complexity index is 609. The molecule has 0 unspecified atom stereocenters. The largest absolute Gasteiger partial charge is 0.207 e. The molecular weight excluding hydrogens is 256 g/mol. The molecule has 0 saturated carbocycles. The molecule has 2 aromatic rings. The molecule has 0 atom stereocenters. The first-order valence-corrected chi connectivity index (χ1v) is 5.78. The van der Waals surface area contributed by atoms with Crippen molar-refractivity contribution in [2.45, 2.75) is 20.3 Å². The van der Waals surface area contributed by atoms with E-state index in [1.807, 2.05) is 0 Å². The van der Waals surface area contributed by atoms with Crippen LogP contribution in [0.15, 0.2) is 24.3 Å². The van der Waals surface area contributed by atoms with Crippen LogP contribution in [-0.4, -0.2) is 0 Å². The van der Waals surface area contributed by atoms with Crippen molar-refractivity contribution in [3.05, 3.63) is 69.8 Å². The number of benzene rings is 2. The van der Waals surface area contributed by atoms with E-state index >= 15 is 0 Å². The molecule has 0 aromatic heterocycles. The van der Waals surface area contributed by atoms with Crippen molar-refractivity contribution in [1.29, 1.82) is 0 Å². The van der Waals surface area contributed by atoms with E-state index in [0.717, 1.165) is 12.1 Å². The highest BCUT2D eigenvalue weighted by molar-refractivity contribution is 5.33. The zero-order valence-electron chi connectivity index (χ0n) is 10.5. The van der Waals surface area contributed by atoms with Gasteiger partial charge in [0.2, 0.25) is 0 Å². The predicted molar refractivity (Wildman–Crippen MR) is 65.0 cm³/mol. The summed E-state index contributed by atoms with van der Waals surface area (Å²) in [5, 5.41) is 0. The minimum absolute atomic E-state index is 0.0584. The van der Waals surface area contributed by atoms with E-state index in [1.54, 1.807) is 0 Å². The number of aryl methyl sites for hydroxylation is 1. The van der Waals surface area contributed by atoms with Crippen molar-refractivity contribution in [2.24, 2.45) is 0 Å². The fourth-order valence-corrected chi connectivity index (χ4v) is 1.84. The molecule has 0 amide bonds. The van der Waals surface area contributed by atoms with Gasteiger partial charge in [0.05, 0.1) is 0 Å². The van der Waals surface area contributed by atoms with Crippen molar-refractivity contribution in [2.75, 3.05) is 0 Å². The number of hydrogen-bond acceptors (Lipinski definition) is 0. The number of halogens is 4. The van der Waals surface area contributed by atoms with E-state index < -0.39 is 23.3 Å². The highest BCUT2D eigenvalue weighted by atomic mass is 19.2. The molecule has 0 saturated heterocycles. The molecule has 4 heteroatoms. The Morgan fingerprint density at radius 3 is 2.00 bits per heavy atom. The van der Waals surface area contributed by atoms with Gasteiger partial charge in [-0.2, -0.15) is 0 Å². The molecule has 0 bridgehead atoms. The standard InChI is InChI=1S/C15H12F4/c1-8-3-4-11(15(19)14(8)18)5-10-6-12(16)9(2)13(17)7-10/h3-4,6-7H,5H2,1-2H3. The first kappa shape index (κ1) is 13.6. The average Bonchev–Trinajstić information content (AvgIpc) is 2.36. The Labute approximate surface area is 108 Å². The van der Waals surface area contributed by atoms with E-state index in [0.29, 0.717) is 0 Å². The molecule has 2 aromatic carbocycles. The maximum absolute atomic E-state index is 13.7. The monoisotopic (exact) mass is 268 g/mol. The van der Waals surface area contributed by atoms with Gasteiger partial charge in [0.25, 0.3) is 0 Å². The van der Waals surface area contributed by atoms with Crippen molar-refractivity contribution in [1.82, 2.24) is 0 Å². The fourth-order valence-electron chi connectivity index (χ4n) is 1.84. The zero-order chi connectivity index (χ0) is 14.2. The van der Waals surface area contributed by atoms with Gasteiger partial charge in [-0.05, 0) is 42.7 Å². The van der Waals surface area contributed by atoms with Gasteiger partial charge in [0.15, 0.2) is 11.6 Å². The zero-order valence-corrected chi connectivity index (χ0v) is 10.5. The first-order chi connectivity index (χ1) is 8.90. The van der Waals surface area contributed by atoms with Gasteiger partial charge >= 0.3 is 0 Å². The lowest BCUT2D eigenvalue weighted by Gasteiger charge is -2.08. The third-order valence-electron chi connectivity index (χ3n) is 3.09. The summed E-state index contributed by atoms with van der Waals surface area (Å²) in [5.41, 5.74) is 0.454. The lowest BCUT2D eigenvalue weighted by atomic mass is 10.0. The van der Waals surface area contributed by atoms with Gasteiger partial charge in [-0.1, -0.05) is 12.1 Å².